The van der Waals surface area contributed by atoms with Gasteiger partial charge in [0.05, 0.1) is 0 Å². The molecular formula is C13H17N3O3. The molecule has 0 radical (unpaired) electrons. The molecule has 102 valence electrons. The Kier molecular flexibility index (Phi) is 5.53. The van der Waals surface area contributed by atoms with E-state index in [4.69, 9.17) is 0 Å². The first-order valence-corrected chi connectivity index (χ1v) is 5.89. The van der Waals surface area contributed by atoms with Crippen molar-refractivity contribution in [3.63, 3.8) is 0 Å². The minimum atomic E-state index is -0.412. The maximum Gasteiger partial charge on any atom is 0.319 e. The molecule has 0 aliphatic heterocycles. The number of carbonyl (C=O) groups is 3. The molecule has 1 aromatic carbocycles. The molecule has 6 nitrogen and oxygen atoms in total. The van der Waals surface area contributed by atoms with Crippen LogP contribution in [0.25, 0.3) is 0 Å². The maximum absolute atomic E-state index is 11.5. The van der Waals surface area contributed by atoms with Crippen molar-refractivity contribution < 1.29 is 14.4 Å². The van der Waals surface area contributed by atoms with Crippen LogP contribution in [0.15, 0.2) is 24.3 Å². The maximum atomic E-state index is 11.5. The van der Waals surface area contributed by atoms with Gasteiger partial charge in [-0.25, -0.2) is 4.79 Å². The molecule has 1 aromatic rings. The van der Waals surface area contributed by atoms with Crippen LogP contribution < -0.4 is 16.0 Å². The van der Waals surface area contributed by atoms with Crippen LogP contribution in [0.2, 0.25) is 0 Å². The molecule has 0 atom stereocenters. The van der Waals surface area contributed by atoms with Crippen LogP contribution in [0.5, 0.6) is 0 Å². The Morgan fingerprint density at radius 2 is 1.95 bits per heavy atom. The predicted molar refractivity (Wildman–Crippen MR) is 72.2 cm³/mol. The van der Waals surface area contributed by atoms with Gasteiger partial charge in [0.1, 0.15) is 0 Å². The van der Waals surface area contributed by atoms with E-state index in [1.165, 1.54) is 14.0 Å². The number of benzene rings is 1. The van der Waals surface area contributed by atoms with Gasteiger partial charge >= 0.3 is 6.03 Å². The van der Waals surface area contributed by atoms with Gasteiger partial charge in [-0.2, -0.15) is 0 Å². The normalized spacial score (nSPS) is 9.58. The summed E-state index contributed by atoms with van der Waals surface area (Å²) in [5.41, 5.74) is 1.06. The first kappa shape index (κ1) is 14.7. The number of carbonyl (C=O) groups excluding carboxylic acids is 3. The van der Waals surface area contributed by atoms with Crippen molar-refractivity contribution in [2.24, 2.45) is 0 Å². The van der Waals surface area contributed by atoms with Gasteiger partial charge in [-0.05, 0) is 19.1 Å². The van der Waals surface area contributed by atoms with E-state index < -0.39 is 6.03 Å². The van der Waals surface area contributed by atoms with Crippen LogP contribution in [0, 0.1) is 0 Å². The number of anilines is 1. The van der Waals surface area contributed by atoms with Crippen molar-refractivity contribution in [3.05, 3.63) is 29.8 Å². The standard InChI is InChI=1S/C13H17N3O3/c1-9(17)10-4-3-5-11(8-10)16-13(19)15-7-6-12(18)14-2/h3-5,8H,6-7H2,1-2H3,(H,14,18)(H2,15,16,19). The first-order chi connectivity index (χ1) is 9.02. The molecule has 0 saturated heterocycles. The van der Waals surface area contributed by atoms with Crippen molar-refractivity contribution in [1.29, 1.82) is 0 Å². The third kappa shape index (κ3) is 5.20. The number of urea groups is 1. The van der Waals surface area contributed by atoms with Crippen LogP contribution in [-0.4, -0.2) is 31.3 Å². The smallest absolute Gasteiger partial charge is 0.319 e. The number of ketones is 1. The van der Waals surface area contributed by atoms with Gasteiger partial charge in [-0.15, -0.1) is 0 Å². The average molecular weight is 263 g/mol. The van der Waals surface area contributed by atoms with E-state index in [-0.39, 0.29) is 24.7 Å². The highest BCUT2D eigenvalue weighted by Gasteiger charge is 2.05. The van der Waals surface area contributed by atoms with Crippen molar-refractivity contribution in [2.75, 3.05) is 18.9 Å². The van der Waals surface area contributed by atoms with Gasteiger partial charge in [0.15, 0.2) is 5.78 Å². The zero-order chi connectivity index (χ0) is 14.3. The molecule has 0 unspecified atom stereocenters. The van der Waals surface area contributed by atoms with Gasteiger partial charge in [-0.3, -0.25) is 9.59 Å². The topological polar surface area (TPSA) is 87.3 Å². The van der Waals surface area contributed by atoms with Gasteiger partial charge < -0.3 is 16.0 Å². The number of nitrogens with one attached hydrogen (secondary N) is 3. The largest absolute Gasteiger partial charge is 0.359 e. The summed E-state index contributed by atoms with van der Waals surface area (Å²) in [6.45, 7) is 1.71. The second-order valence-corrected chi connectivity index (χ2v) is 3.94. The average Bonchev–Trinajstić information content (AvgIpc) is 2.38. The Balaban J connectivity index is 2.46. The van der Waals surface area contributed by atoms with Crippen LogP contribution in [0.4, 0.5) is 10.5 Å². The lowest BCUT2D eigenvalue weighted by Gasteiger charge is -2.08. The van der Waals surface area contributed by atoms with E-state index in [9.17, 15) is 14.4 Å². The lowest BCUT2D eigenvalue weighted by Crippen LogP contribution is -2.32. The molecule has 0 saturated carbocycles. The van der Waals surface area contributed by atoms with Crippen LogP contribution in [0.3, 0.4) is 0 Å². The minimum absolute atomic E-state index is 0.0660. The van der Waals surface area contributed by atoms with Crippen molar-refractivity contribution in [2.45, 2.75) is 13.3 Å². The molecule has 0 fully saturated rings. The summed E-state index contributed by atoms with van der Waals surface area (Å²) in [6.07, 6.45) is 0.220. The first-order valence-electron chi connectivity index (χ1n) is 5.89. The predicted octanol–water partition coefficient (Wildman–Crippen LogP) is 1.15. The Morgan fingerprint density at radius 1 is 1.21 bits per heavy atom. The van der Waals surface area contributed by atoms with Crippen LogP contribution in [0.1, 0.15) is 23.7 Å². The molecule has 0 spiro atoms. The van der Waals surface area contributed by atoms with E-state index in [1.54, 1.807) is 24.3 Å². The zero-order valence-electron chi connectivity index (χ0n) is 10.9. The summed E-state index contributed by atoms with van der Waals surface area (Å²) >= 11 is 0. The van der Waals surface area contributed by atoms with E-state index >= 15 is 0 Å². The molecule has 3 amide bonds. The lowest BCUT2D eigenvalue weighted by molar-refractivity contribution is -0.120. The molecule has 0 heterocycles. The summed E-state index contributed by atoms with van der Waals surface area (Å²) in [7, 11) is 1.54. The van der Waals surface area contributed by atoms with Gasteiger partial charge in [0.25, 0.3) is 0 Å². The Morgan fingerprint density at radius 3 is 2.58 bits per heavy atom. The highest BCUT2D eigenvalue weighted by Crippen LogP contribution is 2.10. The lowest BCUT2D eigenvalue weighted by atomic mass is 10.1. The summed E-state index contributed by atoms with van der Waals surface area (Å²) in [6, 6.07) is 6.24. The SMILES string of the molecule is CNC(=O)CCNC(=O)Nc1cccc(C(C)=O)c1. The minimum Gasteiger partial charge on any atom is -0.359 e. The Hall–Kier alpha value is -2.37. The quantitative estimate of drug-likeness (QED) is 0.696. The molecule has 0 aliphatic carbocycles. The third-order valence-corrected chi connectivity index (χ3v) is 2.44. The summed E-state index contributed by atoms with van der Waals surface area (Å²) < 4.78 is 0. The van der Waals surface area contributed by atoms with Gasteiger partial charge in [0, 0.05) is 31.3 Å². The molecule has 19 heavy (non-hydrogen) atoms. The molecular weight excluding hydrogens is 246 g/mol. The fraction of sp³-hybridized carbons (Fsp3) is 0.308. The van der Waals surface area contributed by atoms with E-state index in [2.05, 4.69) is 16.0 Å². The van der Waals surface area contributed by atoms with Crippen LogP contribution in [-0.2, 0) is 4.79 Å². The monoisotopic (exact) mass is 263 g/mol. The van der Waals surface area contributed by atoms with E-state index in [0.717, 1.165) is 0 Å². The molecule has 6 heteroatoms. The fourth-order valence-electron chi connectivity index (χ4n) is 1.41. The Labute approximate surface area is 111 Å². The fourth-order valence-corrected chi connectivity index (χ4v) is 1.41. The summed E-state index contributed by atoms with van der Waals surface area (Å²) in [4.78, 5) is 33.7. The second kappa shape index (κ2) is 7.15. The van der Waals surface area contributed by atoms with E-state index in [1.807, 2.05) is 0 Å². The number of hydrogen-bond acceptors (Lipinski definition) is 3. The number of Topliss-reactive ketones (excluding diaryl/α,β-unsaturated/α-hetero) is 1. The summed E-state index contributed by atoms with van der Waals surface area (Å²) in [5, 5.41) is 7.60. The molecule has 0 bridgehead atoms. The van der Waals surface area contributed by atoms with Crippen molar-refractivity contribution >= 4 is 23.4 Å². The molecule has 3 N–H and O–H groups in total. The highest BCUT2D eigenvalue weighted by molar-refractivity contribution is 5.96. The Bertz CT molecular complexity index is 486. The van der Waals surface area contributed by atoms with Gasteiger partial charge in [-0.1, -0.05) is 12.1 Å². The molecule has 0 aliphatic rings. The number of hydrogen-bond donors (Lipinski definition) is 3. The highest BCUT2D eigenvalue weighted by atomic mass is 16.2. The molecule has 0 aromatic heterocycles. The summed E-state index contributed by atoms with van der Waals surface area (Å²) in [5.74, 6) is -0.206. The van der Waals surface area contributed by atoms with Crippen molar-refractivity contribution in [1.82, 2.24) is 10.6 Å². The third-order valence-electron chi connectivity index (χ3n) is 2.44. The van der Waals surface area contributed by atoms with Gasteiger partial charge in [0.2, 0.25) is 5.91 Å². The van der Waals surface area contributed by atoms with Crippen LogP contribution >= 0.6 is 0 Å². The van der Waals surface area contributed by atoms with Crippen molar-refractivity contribution in [3.8, 4) is 0 Å². The number of amides is 3. The molecule has 1 rings (SSSR count). The van der Waals surface area contributed by atoms with E-state index in [0.29, 0.717) is 11.3 Å². The second-order valence-electron chi connectivity index (χ2n) is 3.94. The number of rotatable bonds is 5. The zero-order valence-corrected chi connectivity index (χ0v) is 10.9.